The number of hydrogen-bond donors (Lipinski definition) is 1. The zero-order valence-corrected chi connectivity index (χ0v) is 13.6. The van der Waals surface area contributed by atoms with Crippen LogP contribution < -0.4 is 10.1 Å². The molecule has 4 nitrogen and oxygen atoms in total. The molecule has 0 aromatic heterocycles. The van der Waals surface area contributed by atoms with Crippen LogP contribution in [0.1, 0.15) is 12.5 Å². The number of rotatable bonds is 7. The van der Waals surface area contributed by atoms with E-state index in [2.05, 4.69) is 10.1 Å². The Labute approximate surface area is 140 Å². The van der Waals surface area contributed by atoms with Crippen LogP contribution in [-0.2, 0) is 11.3 Å². The lowest BCUT2D eigenvalue weighted by Crippen LogP contribution is -2.39. The first-order valence-electron chi connectivity index (χ1n) is 7.56. The summed E-state index contributed by atoms with van der Waals surface area (Å²) in [7, 11) is 1.83. The highest BCUT2D eigenvalue weighted by Crippen LogP contribution is 2.25. The van der Waals surface area contributed by atoms with Crippen molar-refractivity contribution >= 4 is 11.6 Å². The summed E-state index contributed by atoms with van der Waals surface area (Å²) in [5.41, 5.74) is 1.31. The van der Waals surface area contributed by atoms with Crippen molar-refractivity contribution in [3.05, 3.63) is 60.2 Å². The molecule has 0 bridgehead atoms. The average molecular weight is 334 g/mol. The monoisotopic (exact) mass is 334 g/mol. The van der Waals surface area contributed by atoms with E-state index >= 15 is 0 Å². The Hall–Kier alpha value is -2.47. The number of benzene rings is 2. The Morgan fingerprint density at radius 1 is 1.12 bits per heavy atom. The number of hydrogen-bond acceptors (Lipinski definition) is 3. The van der Waals surface area contributed by atoms with Crippen LogP contribution in [0.25, 0.3) is 0 Å². The molecule has 128 valence electrons. The van der Waals surface area contributed by atoms with Crippen molar-refractivity contribution in [3.8, 4) is 5.75 Å². The number of anilines is 1. The number of amides is 1. The summed E-state index contributed by atoms with van der Waals surface area (Å²) in [6.07, 6.45) is 0. The average Bonchev–Trinajstić information content (AvgIpc) is 2.56. The highest BCUT2D eigenvalue weighted by Gasteiger charge is 2.20. The van der Waals surface area contributed by atoms with Crippen LogP contribution in [0.15, 0.2) is 54.6 Å². The number of carbonyl (C=O) groups is 1. The lowest BCUT2D eigenvalue weighted by molar-refractivity contribution is -0.120. The van der Waals surface area contributed by atoms with E-state index < -0.39 is 12.7 Å². The fraction of sp³-hybridized carbons (Fsp3) is 0.278. The molecule has 0 aliphatic rings. The van der Waals surface area contributed by atoms with E-state index in [1.54, 1.807) is 19.1 Å². The minimum Gasteiger partial charge on any atom is -0.433 e. The van der Waals surface area contributed by atoms with E-state index in [1.807, 2.05) is 42.3 Å². The summed E-state index contributed by atoms with van der Waals surface area (Å²) in [5, 5.41) is 2.64. The largest absolute Gasteiger partial charge is 0.433 e. The molecule has 1 unspecified atom stereocenters. The van der Waals surface area contributed by atoms with Gasteiger partial charge in [0, 0.05) is 6.54 Å². The fourth-order valence-corrected chi connectivity index (χ4v) is 2.21. The summed E-state index contributed by atoms with van der Waals surface area (Å²) >= 11 is 0. The number of halogens is 2. The van der Waals surface area contributed by atoms with Crippen molar-refractivity contribution in [3.63, 3.8) is 0 Å². The van der Waals surface area contributed by atoms with Gasteiger partial charge in [0.25, 0.3) is 0 Å². The van der Waals surface area contributed by atoms with Gasteiger partial charge in [-0.1, -0.05) is 42.5 Å². The van der Waals surface area contributed by atoms with Crippen molar-refractivity contribution in [2.75, 3.05) is 12.4 Å². The van der Waals surface area contributed by atoms with Crippen LogP contribution in [-0.4, -0.2) is 30.5 Å². The molecule has 0 aliphatic carbocycles. The van der Waals surface area contributed by atoms with E-state index in [1.165, 1.54) is 12.1 Å². The number of nitrogens with zero attached hydrogens (tertiary/aromatic N) is 1. The molecule has 0 aliphatic heterocycles. The second-order valence-corrected chi connectivity index (χ2v) is 5.44. The van der Waals surface area contributed by atoms with Gasteiger partial charge in [0.05, 0.1) is 11.7 Å². The number of ether oxygens (including phenoxy) is 1. The van der Waals surface area contributed by atoms with Crippen LogP contribution in [0.5, 0.6) is 5.75 Å². The summed E-state index contributed by atoms with van der Waals surface area (Å²) in [5.74, 6) is -0.350. The minimum absolute atomic E-state index is 0.0567. The maximum absolute atomic E-state index is 12.4. The molecule has 6 heteroatoms. The molecular formula is C18H20F2N2O2. The van der Waals surface area contributed by atoms with Crippen LogP contribution in [0, 0.1) is 0 Å². The topological polar surface area (TPSA) is 41.6 Å². The van der Waals surface area contributed by atoms with Crippen LogP contribution in [0.3, 0.4) is 0 Å². The number of para-hydroxylation sites is 2. The van der Waals surface area contributed by atoms with Gasteiger partial charge in [0.15, 0.2) is 0 Å². The summed E-state index contributed by atoms with van der Waals surface area (Å²) in [6, 6.07) is 15.5. The van der Waals surface area contributed by atoms with E-state index in [9.17, 15) is 13.6 Å². The van der Waals surface area contributed by atoms with Crippen molar-refractivity contribution in [1.82, 2.24) is 4.90 Å². The van der Waals surface area contributed by atoms with Gasteiger partial charge in [-0.25, -0.2) is 0 Å². The third-order valence-electron chi connectivity index (χ3n) is 3.68. The lowest BCUT2D eigenvalue weighted by atomic mass is 10.2. The van der Waals surface area contributed by atoms with Crippen molar-refractivity contribution in [2.45, 2.75) is 26.1 Å². The van der Waals surface area contributed by atoms with Crippen LogP contribution in [0.4, 0.5) is 14.5 Å². The number of alkyl halides is 2. The van der Waals surface area contributed by atoms with Crippen molar-refractivity contribution in [2.24, 2.45) is 0 Å². The predicted molar refractivity (Wildman–Crippen MR) is 89.1 cm³/mol. The van der Waals surface area contributed by atoms with Gasteiger partial charge in [-0.15, -0.1) is 0 Å². The molecule has 1 atom stereocenters. The Kier molecular flexibility index (Phi) is 6.26. The van der Waals surface area contributed by atoms with E-state index in [-0.39, 0.29) is 17.3 Å². The van der Waals surface area contributed by atoms with Gasteiger partial charge < -0.3 is 10.1 Å². The third-order valence-corrected chi connectivity index (χ3v) is 3.68. The molecule has 0 radical (unpaired) electrons. The summed E-state index contributed by atoms with van der Waals surface area (Å²) in [4.78, 5) is 14.3. The maximum atomic E-state index is 12.4. The van der Waals surface area contributed by atoms with Gasteiger partial charge in [-0.05, 0) is 31.7 Å². The Bertz CT molecular complexity index is 665. The molecule has 2 rings (SSSR count). The van der Waals surface area contributed by atoms with Gasteiger partial charge in [-0.2, -0.15) is 8.78 Å². The Morgan fingerprint density at radius 3 is 2.42 bits per heavy atom. The minimum atomic E-state index is -2.94. The highest BCUT2D eigenvalue weighted by molar-refractivity contribution is 5.95. The summed E-state index contributed by atoms with van der Waals surface area (Å²) in [6.45, 7) is -0.583. The Morgan fingerprint density at radius 2 is 1.75 bits per heavy atom. The Balaban J connectivity index is 2.01. The van der Waals surface area contributed by atoms with E-state index in [0.29, 0.717) is 6.54 Å². The zero-order valence-electron chi connectivity index (χ0n) is 13.6. The van der Waals surface area contributed by atoms with Gasteiger partial charge in [0.2, 0.25) is 5.91 Å². The van der Waals surface area contributed by atoms with E-state index in [4.69, 9.17) is 0 Å². The van der Waals surface area contributed by atoms with Gasteiger partial charge in [0.1, 0.15) is 5.75 Å². The molecule has 24 heavy (non-hydrogen) atoms. The second kappa shape index (κ2) is 8.40. The standard InChI is InChI=1S/C18H20F2N2O2/c1-13(22(2)12-14-8-4-3-5-9-14)17(23)21-15-10-6-7-11-16(15)24-18(19)20/h3-11,13,18H,12H2,1-2H3,(H,21,23). The van der Waals surface area contributed by atoms with Crippen molar-refractivity contribution in [1.29, 1.82) is 0 Å². The zero-order chi connectivity index (χ0) is 17.5. The SMILES string of the molecule is CC(C(=O)Nc1ccccc1OC(F)F)N(C)Cc1ccccc1. The van der Waals surface area contributed by atoms with Gasteiger partial charge in [-0.3, -0.25) is 9.69 Å². The number of likely N-dealkylation sites (N-methyl/N-ethyl adjacent to an activating group) is 1. The molecular weight excluding hydrogens is 314 g/mol. The first-order valence-corrected chi connectivity index (χ1v) is 7.56. The molecule has 2 aromatic rings. The van der Waals surface area contributed by atoms with Crippen LogP contribution in [0.2, 0.25) is 0 Å². The van der Waals surface area contributed by atoms with Crippen molar-refractivity contribution < 1.29 is 18.3 Å². The van der Waals surface area contributed by atoms with Gasteiger partial charge >= 0.3 is 6.61 Å². The number of nitrogens with one attached hydrogen (secondary N) is 1. The lowest BCUT2D eigenvalue weighted by Gasteiger charge is -2.24. The molecule has 0 saturated heterocycles. The summed E-state index contributed by atoms with van der Waals surface area (Å²) < 4.78 is 29.3. The second-order valence-electron chi connectivity index (χ2n) is 5.44. The molecule has 0 heterocycles. The third kappa shape index (κ3) is 5.03. The van der Waals surface area contributed by atoms with E-state index in [0.717, 1.165) is 5.56 Å². The maximum Gasteiger partial charge on any atom is 0.387 e. The predicted octanol–water partition coefficient (Wildman–Crippen LogP) is 3.75. The number of carbonyl (C=O) groups excluding carboxylic acids is 1. The first kappa shape index (κ1) is 17.9. The van der Waals surface area contributed by atoms with Crippen LogP contribution >= 0.6 is 0 Å². The highest BCUT2D eigenvalue weighted by atomic mass is 19.3. The first-order chi connectivity index (χ1) is 11.5. The fourth-order valence-electron chi connectivity index (χ4n) is 2.21. The molecule has 0 fully saturated rings. The normalized spacial score (nSPS) is 12.2. The molecule has 2 aromatic carbocycles. The quantitative estimate of drug-likeness (QED) is 0.838. The molecule has 0 saturated carbocycles. The molecule has 1 amide bonds. The molecule has 0 spiro atoms. The smallest absolute Gasteiger partial charge is 0.387 e. The molecule has 1 N–H and O–H groups in total.